The van der Waals surface area contributed by atoms with Gasteiger partial charge in [-0.05, 0) is 53.8 Å². The minimum atomic E-state index is -4.00. The molecule has 0 N–H and O–H groups in total. The maximum atomic E-state index is 13.9. The summed E-state index contributed by atoms with van der Waals surface area (Å²) in [4.78, 5) is 17.2. The van der Waals surface area contributed by atoms with Crippen LogP contribution in [0.4, 0.5) is 11.4 Å². The molecule has 36 heavy (non-hydrogen) atoms. The summed E-state index contributed by atoms with van der Waals surface area (Å²) < 4.78 is 29.1. The summed E-state index contributed by atoms with van der Waals surface area (Å²) in [6, 6.07) is 23.9. The van der Waals surface area contributed by atoms with Crippen LogP contribution in [0.3, 0.4) is 0 Å². The first-order valence-corrected chi connectivity index (χ1v) is 13.6. The summed E-state index contributed by atoms with van der Waals surface area (Å²) in [6.07, 6.45) is 0. The van der Waals surface area contributed by atoms with E-state index in [1.54, 1.807) is 29.2 Å². The van der Waals surface area contributed by atoms with Gasteiger partial charge in [0.25, 0.3) is 10.0 Å². The SMILES string of the molecule is CCN(Cc1ccccc1)C(=O)CN(c1cccc(N(C)C)c1)S(=O)(=O)c1ccc(C(C)(C)C)cc1. The fourth-order valence-corrected chi connectivity index (χ4v) is 5.30. The topological polar surface area (TPSA) is 60.9 Å². The number of rotatable bonds is 9. The molecular formula is C29H37N3O3S. The summed E-state index contributed by atoms with van der Waals surface area (Å²) >= 11 is 0. The van der Waals surface area contributed by atoms with Gasteiger partial charge in [-0.1, -0.05) is 69.3 Å². The number of hydrogen-bond acceptors (Lipinski definition) is 4. The zero-order valence-electron chi connectivity index (χ0n) is 22.1. The van der Waals surface area contributed by atoms with Crippen LogP contribution in [-0.4, -0.2) is 46.4 Å². The quantitative estimate of drug-likeness (QED) is 0.395. The van der Waals surface area contributed by atoms with E-state index in [9.17, 15) is 13.2 Å². The maximum absolute atomic E-state index is 13.9. The molecule has 0 fully saturated rings. The van der Waals surface area contributed by atoms with Gasteiger partial charge >= 0.3 is 0 Å². The van der Waals surface area contributed by atoms with E-state index >= 15 is 0 Å². The van der Waals surface area contributed by atoms with Crippen molar-refractivity contribution in [3.63, 3.8) is 0 Å². The lowest BCUT2D eigenvalue weighted by Crippen LogP contribution is -2.42. The van der Waals surface area contributed by atoms with Crippen LogP contribution in [0.1, 0.15) is 38.8 Å². The van der Waals surface area contributed by atoms with Crippen LogP contribution in [0.5, 0.6) is 0 Å². The Hall–Kier alpha value is -3.32. The van der Waals surface area contributed by atoms with Gasteiger partial charge in [-0.15, -0.1) is 0 Å². The van der Waals surface area contributed by atoms with Crippen molar-refractivity contribution in [1.29, 1.82) is 0 Å². The van der Waals surface area contributed by atoms with Crippen LogP contribution >= 0.6 is 0 Å². The van der Waals surface area contributed by atoms with E-state index in [1.807, 2.05) is 80.5 Å². The number of benzene rings is 3. The molecule has 3 rings (SSSR count). The highest BCUT2D eigenvalue weighted by molar-refractivity contribution is 7.92. The van der Waals surface area contributed by atoms with Crippen molar-refractivity contribution in [2.45, 2.75) is 44.6 Å². The number of nitrogens with zero attached hydrogens (tertiary/aromatic N) is 3. The fourth-order valence-electron chi connectivity index (χ4n) is 3.90. The highest BCUT2D eigenvalue weighted by Crippen LogP contribution is 2.29. The number of hydrogen-bond donors (Lipinski definition) is 0. The van der Waals surface area contributed by atoms with Crippen molar-refractivity contribution in [3.8, 4) is 0 Å². The Morgan fingerprint density at radius 1 is 0.833 bits per heavy atom. The molecule has 0 aliphatic carbocycles. The summed E-state index contributed by atoms with van der Waals surface area (Å²) in [5, 5.41) is 0. The van der Waals surface area contributed by atoms with Crippen molar-refractivity contribution < 1.29 is 13.2 Å². The lowest BCUT2D eigenvalue weighted by Gasteiger charge is -2.29. The molecule has 0 radical (unpaired) electrons. The molecule has 1 amide bonds. The van der Waals surface area contributed by atoms with Gasteiger partial charge in [0.15, 0.2) is 0 Å². The summed E-state index contributed by atoms with van der Waals surface area (Å²) in [7, 11) is -0.209. The monoisotopic (exact) mass is 507 g/mol. The first kappa shape index (κ1) is 27.3. The average molecular weight is 508 g/mol. The fraction of sp³-hybridized carbons (Fsp3) is 0.345. The predicted molar refractivity (Wildman–Crippen MR) is 148 cm³/mol. The van der Waals surface area contributed by atoms with Crippen molar-refractivity contribution in [2.75, 3.05) is 36.4 Å². The average Bonchev–Trinajstić information content (AvgIpc) is 2.85. The molecule has 0 saturated carbocycles. The molecule has 3 aromatic carbocycles. The lowest BCUT2D eigenvalue weighted by molar-refractivity contribution is -0.129. The molecule has 0 aromatic heterocycles. The molecule has 3 aromatic rings. The number of amides is 1. The van der Waals surface area contributed by atoms with Gasteiger partial charge < -0.3 is 9.80 Å². The Balaban J connectivity index is 2.00. The van der Waals surface area contributed by atoms with Gasteiger partial charge in [-0.2, -0.15) is 0 Å². The van der Waals surface area contributed by atoms with Crippen molar-refractivity contribution >= 4 is 27.3 Å². The van der Waals surface area contributed by atoms with E-state index in [0.29, 0.717) is 18.8 Å². The number of anilines is 2. The van der Waals surface area contributed by atoms with Gasteiger partial charge in [0, 0.05) is 32.9 Å². The van der Waals surface area contributed by atoms with E-state index < -0.39 is 10.0 Å². The van der Waals surface area contributed by atoms with Gasteiger partial charge in [0.1, 0.15) is 6.54 Å². The first-order valence-electron chi connectivity index (χ1n) is 12.2. The van der Waals surface area contributed by atoms with Crippen molar-refractivity contribution in [1.82, 2.24) is 4.90 Å². The molecule has 6 nitrogen and oxygen atoms in total. The molecule has 0 aliphatic rings. The van der Waals surface area contributed by atoms with Gasteiger partial charge in [0.2, 0.25) is 5.91 Å². The Bertz CT molecular complexity index is 1270. The summed E-state index contributed by atoms with van der Waals surface area (Å²) in [6.45, 7) is 8.75. The molecule has 192 valence electrons. The Labute approximate surface area is 216 Å². The Morgan fingerprint density at radius 2 is 1.44 bits per heavy atom. The maximum Gasteiger partial charge on any atom is 0.264 e. The van der Waals surface area contributed by atoms with Crippen LogP contribution in [0.15, 0.2) is 83.8 Å². The summed E-state index contributed by atoms with van der Waals surface area (Å²) in [5.74, 6) is -0.258. The number of sulfonamides is 1. The second kappa shape index (κ2) is 11.2. The van der Waals surface area contributed by atoms with Gasteiger partial charge in [0.05, 0.1) is 10.6 Å². The number of carbonyl (C=O) groups is 1. The minimum absolute atomic E-state index is 0.100. The van der Waals surface area contributed by atoms with Gasteiger partial charge in [-0.3, -0.25) is 9.10 Å². The smallest absolute Gasteiger partial charge is 0.264 e. The largest absolute Gasteiger partial charge is 0.378 e. The Morgan fingerprint density at radius 3 is 2.00 bits per heavy atom. The van der Waals surface area contributed by atoms with Crippen molar-refractivity contribution in [3.05, 3.63) is 90.0 Å². The van der Waals surface area contributed by atoms with E-state index in [1.165, 1.54) is 4.31 Å². The van der Waals surface area contributed by atoms with Crippen LogP contribution < -0.4 is 9.21 Å². The molecule has 0 heterocycles. The highest BCUT2D eigenvalue weighted by Gasteiger charge is 2.29. The second-order valence-corrected chi connectivity index (χ2v) is 12.0. The van der Waals surface area contributed by atoms with E-state index in [4.69, 9.17) is 0 Å². The highest BCUT2D eigenvalue weighted by atomic mass is 32.2. The number of carbonyl (C=O) groups excluding carboxylic acids is 1. The van der Waals surface area contributed by atoms with Crippen LogP contribution in [0.25, 0.3) is 0 Å². The molecular weight excluding hydrogens is 470 g/mol. The lowest BCUT2D eigenvalue weighted by atomic mass is 9.87. The first-order chi connectivity index (χ1) is 16.9. The molecule has 0 spiro atoms. The third kappa shape index (κ3) is 6.46. The third-order valence-electron chi connectivity index (χ3n) is 6.17. The van der Waals surface area contributed by atoms with Crippen LogP contribution in [0.2, 0.25) is 0 Å². The molecule has 7 heteroatoms. The standard InChI is InChI=1S/C29H37N3O3S/c1-7-31(21-23-12-9-8-10-13-23)28(33)22-32(26-15-11-14-25(20-26)30(5)6)36(34,35)27-18-16-24(17-19-27)29(2,3)4/h8-20H,7,21-22H2,1-6H3. The zero-order chi connectivity index (χ0) is 26.5. The van der Waals surface area contributed by atoms with Crippen molar-refractivity contribution in [2.24, 2.45) is 0 Å². The van der Waals surface area contributed by atoms with Crippen LogP contribution in [-0.2, 0) is 26.8 Å². The van der Waals surface area contributed by atoms with E-state index in [-0.39, 0.29) is 22.8 Å². The second-order valence-electron chi connectivity index (χ2n) is 10.1. The number of likely N-dealkylation sites (N-methyl/N-ethyl adjacent to an activating group) is 1. The molecule has 0 bridgehead atoms. The van der Waals surface area contributed by atoms with Gasteiger partial charge in [-0.25, -0.2) is 8.42 Å². The summed E-state index contributed by atoms with van der Waals surface area (Å²) in [5.41, 5.74) is 3.23. The van der Waals surface area contributed by atoms with Crippen LogP contribution in [0, 0.1) is 0 Å². The minimum Gasteiger partial charge on any atom is -0.378 e. The Kier molecular flexibility index (Phi) is 8.46. The molecule has 0 aliphatic heterocycles. The molecule has 0 atom stereocenters. The normalized spacial score (nSPS) is 11.7. The van der Waals surface area contributed by atoms with E-state index in [0.717, 1.165) is 16.8 Å². The zero-order valence-corrected chi connectivity index (χ0v) is 22.9. The molecule has 0 unspecified atom stereocenters. The third-order valence-corrected chi connectivity index (χ3v) is 7.96. The molecule has 0 saturated heterocycles. The predicted octanol–water partition coefficient (Wildman–Crippen LogP) is 5.29. The van der Waals surface area contributed by atoms with E-state index in [2.05, 4.69) is 20.8 Å².